The Balaban J connectivity index is 0.000000132. The van der Waals surface area contributed by atoms with Crippen molar-refractivity contribution >= 4 is 33.7 Å². The highest BCUT2D eigenvalue weighted by atomic mass is 15.4. The molecule has 2 N–H and O–H groups in total. The maximum atomic E-state index is 4.91. The van der Waals surface area contributed by atoms with E-state index in [0.717, 1.165) is 76.2 Å². The SMILES string of the molecule is CC.c1cc2c3c(cccc3c1)CN(c1c3c(nc4ccnn14)CCNCC3)C2.c1cc2nc3c(c(N4CCC5(CC5)C4)n2n1)CCNCC3. The van der Waals surface area contributed by atoms with Gasteiger partial charge in [-0.15, -0.1) is 0 Å². The number of nitrogens with one attached hydrogen (secondary N) is 2. The van der Waals surface area contributed by atoms with Gasteiger partial charge in [0.05, 0.1) is 23.8 Å². The lowest BCUT2D eigenvalue weighted by atomic mass is 9.95. The van der Waals surface area contributed by atoms with Crippen LogP contribution in [0, 0.1) is 5.41 Å². The summed E-state index contributed by atoms with van der Waals surface area (Å²) in [5.74, 6) is 2.54. The van der Waals surface area contributed by atoms with E-state index >= 15 is 0 Å². The number of hydrogen-bond acceptors (Lipinski definition) is 8. The Morgan fingerprint density at radius 2 is 1.16 bits per heavy atom. The summed E-state index contributed by atoms with van der Waals surface area (Å²) in [5, 5.41) is 19.0. The van der Waals surface area contributed by atoms with Crippen molar-refractivity contribution in [2.45, 2.75) is 71.9 Å². The molecule has 0 radical (unpaired) electrons. The number of hydrogen-bond donors (Lipinski definition) is 2. The van der Waals surface area contributed by atoms with Gasteiger partial charge in [-0.3, -0.25) is 0 Å². The molecule has 258 valence electrons. The lowest BCUT2D eigenvalue weighted by Gasteiger charge is -2.33. The van der Waals surface area contributed by atoms with Gasteiger partial charge in [0.15, 0.2) is 11.3 Å². The second kappa shape index (κ2) is 13.0. The van der Waals surface area contributed by atoms with Crippen LogP contribution >= 0.6 is 0 Å². The average Bonchev–Trinajstić information content (AvgIpc) is 3.42. The minimum absolute atomic E-state index is 0.638. The van der Waals surface area contributed by atoms with Crippen LogP contribution in [0.4, 0.5) is 11.6 Å². The molecule has 0 atom stereocenters. The molecule has 10 heteroatoms. The Kier molecular flexibility index (Phi) is 8.16. The Hall–Kier alpha value is -4.54. The van der Waals surface area contributed by atoms with E-state index in [4.69, 9.17) is 9.97 Å². The van der Waals surface area contributed by atoms with Gasteiger partial charge in [-0.1, -0.05) is 50.2 Å². The van der Waals surface area contributed by atoms with Crippen molar-refractivity contribution in [1.82, 2.24) is 39.8 Å². The van der Waals surface area contributed by atoms with E-state index in [-0.39, 0.29) is 0 Å². The fourth-order valence-corrected chi connectivity index (χ4v) is 8.76. The van der Waals surface area contributed by atoms with Crippen LogP contribution in [0.2, 0.25) is 0 Å². The molecule has 1 aliphatic carbocycles. The first-order chi connectivity index (χ1) is 24.7. The third-order valence-electron chi connectivity index (χ3n) is 11.4. The minimum Gasteiger partial charge on any atom is -0.356 e. The van der Waals surface area contributed by atoms with E-state index in [2.05, 4.69) is 71.5 Å². The summed E-state index contributed by atoms with van der Waals surface area (Å²) in [4.78, 5) is 14.8. The molecule has 1 saturated carbocycles. The third kappa shape index (κ3) is 5.49. The van der Waals surface area contributed by atoms with E-state index in [9.17, 15) is 0 Å². The number of aromatic nitrogens is 6. The lowest BCUT2D eigenvalue weighted by molar-refractivity contribution is 0.579. The van der Waals surface area contributed by atoms with Crippen molar-refractivity contribution in [3.63, 3.8) is 0 Å². The molecule has 0 unspecified atom stereocenters. The van der Waals surface area contributed by atoms with Crippen LogP contribution in [0.3, 0.4) is 0 Å². The van der Waals surface area contributed by atoms with Gasteiger partial charge in [0.25, 0.3) is 0 Å². The van der Waals surface area contributed by atoms with Gasteiger partial charge in [-0.05, 0) is 72.5 Å². The highest BCUT2D eigenvalue weighted by Gasteiger charge is 2.48. The highest BCUT2D eigenvalue weighted by molar-refractivity contribution is 5.90. The molecule has 2 aromatic carbocycles. The van der Waals surface area contributed by atoms with Crippen LogP contribution in [0.15, 0.2) is 60.9 Å². The largest absolute Gasteiger partial charge is 0.356 e. The molecule has 10 nitrogen and oxygen atoms in total. The predicted molar refractivity (Wildman–Crippen MR) is 200 cm³/mol. The molecule has 5 aliphatic rings. The van der Waals surface area contributed by atoms with Gasteiger partial charge in [-0.25, -0.2) is 9.97 Å². The van der Waals surface area contributed by atoms with Gasteiger partial charge < -0.3 is 20.4 Å². The topological polar surface area (TPSA) is 90.9 Å². The molecule has 50 heavy (non-hydrogen) atoms. The van der Waals surface area contributed by atoms with Crippen LogP contribution < -0.4 is 20.4 Å². The monoisotopic (exact) mass is 668 g/mol. The summed E-state index contributed by atoms with van der Waals surface area (Å²) in [5.41, 5.74) is 10.7. The molecule has 2 fully saturated rings. The zero-order valence-corrected chi connectivity index (χ0v) is 29.5. The van der Waals surface area contributed by atoms with Crippen molar-refractivity contribution < 1.29 is 0 Å². The van der Waals surface area contributed by atoms with Gasteiger partial charge in [0, 0.05) is 75.4 Å². The van der Waals surface area contributed by atoms with E-state index in [1.807, 2.05) is 42.9 Å². The lowest BCUT2D eigenvalue weighted by Crippen LogP contribution is -2.30. The summed E-state index contributed by atoms with van der Waals surface area (Å²) in [6.07, 6.45) is 12.0. The van der Waals surface area contributed by atoms with Gasteiger partial charge in [0.1, 0.15) is 11.6 Å². The molecule has 1 spiro atoms. The number of rotatable bonds is 2. The minimum atomic E-state index is 0.638. The maximum absolute atomic E-state index is 4.91. The molecule has 6 aromatic rings. The smallest absolute Gasteiger partial charge is 0.157 e. The van der Waals surface area contributed by atoms with E-state index in [1.165, 1.54) is 88.4 Å². The molecule has 4 aromatic heterocycles. The molecule has 1 saturated heterocycles. The second-order valence-corrected chi connectivity index (χ2v) is 14.4. The molecular formula is C40H48N10. The molecule has 0 amide bonds. The Labute approximate surface area is 293 Å². The standard InChI is InChI=1S/C22H21N5.C16H21N5.C2H6/c1-3-15-4-2-6-17-14-26(13-16(5-1)21(15)17)22-18-7-10-23-11-8-19(18)25-20-9-12-24-27(20)22;1-7-17-8-2-13-12(1)15(21-14(19-13)3-9-18-21)20-10-6-16(11-20)4-5-16;1-2/h1-6,9,12,23H,7-8,10-11,13-14H2;3,9,17H,1-2,4-8,10-11H2;1-2H3. The first-order valence-electron chi connectivity index (χ1n) is 18.8. The van der Waals surface area contributed by atoms with E-state index < -0.39 is 0 Å². The quantitative estimate of drug-likeness (QED) is 0.249. The predicted octanol–water partition coefficient (Wildman–Crippen LogP) is 5.52. The van der Waals surface area contributed by atoms with Gasteiger partial charge in [0.2, 0.25) is 0 Å². The zero-order valence-electron chi connectivity index (χ0n) is 29.5. The zero-order chi connectivity index (χ0) is 33.7. The first-order valence-corrected chi connectivity index (χ1v) is 18.8. The van der Waals surface area contributed by atoms with Gasteiger partial charge >= 0.3 is 0 Å². The highest BCUT2D eigenvalue weighted by Crippen LogP contribution is 2.53. The van der Waals surface area contributed by atoms with Crippen molar-refractivity contribution in [3.05, 3.63) is 94.6 Å². The molecule has 0 bridgehead atoms. The Morgan fingerprint density at radius 3 is 1.70 bits per heavy atom. The maximum Gasteiger partial charge on any atom is 0.157 e. The van der Waals surface area contributed by atoms with Crippen molar-refractivity contribution in [1.29, 1.82) is 0 Å². The normalized spacial score (nSPS) is 18.9. The van der Waals surface area contributed by atoms with Crippen LogP contribution in [-0.4, -0.2) is 68.5 Å². The van der Waals surface area contributed by atoms with Crippen LogP contribution in [-0.2, 0) is 38.8 Å². The van der Waals surface area contributed by atoms with E-state index in [1.54, 1.807) is 0 Å². The summed E-state index contributed by atoms with van der Waals surface area (Å²) < 4.78 is 4.11. The Morgan fingerprint density at radius 1 is 0.620 bits per heavy atom. The van der Waals surface area contributed by atoms with Crippen molar-refractivity contribution in [2.75, 3.05) is 49.1 Å². The van der Waals surface area contributed by atoms with Crippen LogP contribution in [0.5, 0.6) is 0 Å². The Bertz CT molecular complexity index is 2140. The second-order valence-electron chi connectivity index (χ2n) is 14.4. The molecule has 11 rings (SSSR count). The fourth-order valence-electron chi connectivity index (χ4n) is 8.76. The molecule has 4 aliphatic heterocycles. The summed E-state index contributed by atoms with van der Waals surface area (Å²) >= 11 is 0. The third-order valence-corrected chi connectivity index (χ3v) is 11.4. The molecular weight excluding hydrogens is 621 g/mol. The number of nitrogens with zero attached hydrogens (tertiary/aromatic N) is 8. The number of fused-ring (bicyclic) bond motifs is 4. The van der Waals surface area contributed by atoms with Crippen molar-refractivity contribution in [3.8, 4) is 0 Å². The van der Waals surface area contributed by atoms with Crippen LogP contribution in [0.1, 0.15) is 66.8 Å². The number of benzene rings is 2. The van der Waals surface area contributed by atoms with E-state index in [0.29, 0.717) is 5.41 Å². The molecule has 8 heterocycles. The van der Waals surface area contributed by atoms with Crippen LogP contribution in [0.25, 0.3) is 22.1 Å². The summed E-state index contributed by atoms with van der Waals surface area (Å²) in [7, 11) is 0. The fraction of sp³-hybridized carbons (Fsp3) is 0.450. The summed E-state index contributed by atoms with van der Waals surface area (Å²) in [6.45, 7) is 12.3. The van der Waals surface area contributed by atoms with Gasteiger partial charge in [-0.2, -0.15) is 19.2 Å². The first kappa shape index (κ1) is 31.4. The summed E-state index contributed by atoms with van der Waals surface area (Å²) in [6, 6.07) is 17.4. The van der Waals surface area contributed by atoms with Crippen molar-refractivity contribution in [2.24, 2.45) is 5.41 Å². The number of anilines is 2. The average molecular weight is 669 g/mol.